The number of thiazole rings is 1. The molecule has 24 heavy (non-hydrogen) atoms. The van der Waals surface area contributed by atoms with Gasteiger partial charge in [0.05, 0.1) is 20.9 Å². The number of nitrogens with zero attached hydrogens (tertiary/aromatic N) is 2. The average molecular weight is 380 g/mol. The molecule has 0 saturated heterocycles. The zero-order chi connectivity index (χ0) is 17.1. The summed E-state index contributed by atoms with van der Waals surface area (Å²) in [6.45, 7) is 0. The molecule has 1 aromatic heterocycles. The van der Waals surface area contributed by atoms with E-state index in [0.29, 0.717) is 20.6 Å². The van der Waals surface area contributed by atoms with Crippen molar-refractivity contribution in [3.05, 3.63) is 57.6 Å². The molecule has 0 atom stereocenters. The number of nitro groups is 1. The fourth-order valence-electron chi connectivity index (χ4n) is 1.96. The third kappa shape index (κ3) is 4.02. The molecule has 0 bridgehead atoms. The topological polar surface area (TPSA) is 85.1 Å². The lowest BCUT2D eigenvalue weighted by Gasteiger charge is -2.04. The van der Waals surface area contributed by atoms with E-state index in [0.717, 1.165) is 4.70 Å². The van der Waals surface area contributed by atoms with Gasteiger partial charge in [-0.05, 0) is 24.3 Å². The lowest BCUT2D eigenvalue weighted by atomic mass is 10.3. The predicted molar refractivity (Wildman–Crippen MR) is 97.1 cm³/mol. The van der Waals surface area contributed by atoms with Crippen LogP contribution in [-0.2, 0) is 4.79 Å². The largest absolute Gasteiger partial charge is 0.325 e. The Bertz CT molecular complexity index is 929. The molecule has 122 valence electrons. The Balaban J connectivity index is 1.64. The first-order chi connectivity index (χ1) is 11.5. The van der Waals surface area contributed by atoms with Crippen molar-refractivity contribution in [1.29, 1.82) is 0 Å². The van der Waals surface area contributed by atoms with Gasteiger partial charge in [-0.1, -0.05) is 29.4 Å². The van der Waals surface area contributed by atoms with Gasteiger partial charge < -0.3 is 5.32 Å². The van der Waals surface area contributed by atoms with Gasteiger partial charge in [0.2, 0.25) is 5.91 Å². The number of non-ortho nitro benzene ring substituents is 1. The summed E-state index contributed by atoms with van der Waals surface area (Å²) in [7, 11) is 0. The van der Waals surface area contributed by atoms with Crippen LogP contribution >= 0.6 is 34.7 Å². The Hall–Kier alpha value is -2.16. The number of fused-ring (bicyclic) bond motifs is 1. The van der Waals surface area contributed by atoms with Crippen molar-refractivity contribution in [1.82, 2.24) is 4.98 Å². The number of aromatic nitrogens is 1. The first-order valence-corrected chi connectivity index (χ1v) is 8.92. The quantitative estimate of drug-likeness (QED) is 0.398. The molecule has 3 aromatic rings. The molecule has 1 amide bonds. The van der Waals surface area contributed by atoms with Crippen LogP contribution in [0.5, 0.6) is 0 Å². The monoisotopic (exact) mass is 379 g/mol. The molecule has 9 heteroatoms. The number of anilines is 1. The molecular formula is C15H10ClN3O3S2. The van der Waals surface area contributed by atoms with E-state index in [2.05, 4.69) is 10.3 Å². The zero-order valence-electron chi connectivity index (χ0n) is 12.1. The van der Waals surface area contributed by atoms with Gasteiger partial charge in [-0.3, -0.25) is 14.9 Å². The number of nitro benzene ring substituents is 1. The minimum atomic E-state index is -0.440. The van der Waals surface area contributed by atoms with Gasteiger partial charge in [0.1, 0.15) is 0 Å². The maximum absolute atomic E-state index is 12.0. The van der Waals surface area contributed by atoms with Crippen molar-refractivity contribution < 1.29 is 9.72 Å². The highest BCUT2D eigenvalue weighted by atomic mass is 35.5. The van der Waals surface area contributed by atoms with Crippen molar-refractivity contribution in [2.24, 2.45) is 0 Å². The number of rotatable bonds is 5. The number of nitrogens with one attached hydrogen (secondary N) is 1. The van der Waals surface area contributed by atoms with Crippen LogP contribution in [0.3, 0.4) is 0 Å². The summed E-state index contributed by atoms with van der Waals surface area (Å²) in [5.74, 6) is 0.0153. The fraction of sp³-hybridized carbons (Fsp3) is 0.0667. The van der Waals surface area contributed by atoms with Crippen LogP contribution in [0.15, 0.2) is 46.8 Å². The van der Waals surface area contributed by atoms with Crippen molar-refractivity contribution in [2.75, 3.05) is 11.1 Å². The maximum atomic E-state index is 12.0. The molecule has 2 aromatic carbocycles. The van der Waals surface area contributed by atoms with Crippen LogP contribution in [0.2, 0.25) is 5.02 Å². The first-order valence-electron chi connectivity index (χ1n) is 6.74. The van der Waals surface area contributed by atoms with Gasteiger partial charge in [0.15, 0.2) is 4.34 Å². The van der Waals surface area contributed by atoms with E-state index in [1.54, 1.807) is 30.3 Å². The summed E-state index contributed by atoms with van der Waals surface area (Å²) in [4.78, 5) is 26.7. The minimum Gasteiger partial charge on any atom is -0.325 e. The van der Waals surface area contributed by atoms with Crippen LogP contribution in [0.25, 0.3) is 10.2 Å². The van der Waals surface area contributed by atoms with E-state index in [-0.39, 0.29) is 17.3 Å². The second-order valence-electron chi connectivity index (χ2n) is 4.74. The molecule has 0 saturated carbocycles. The molecule has 6 nitrogen and oxygen atoms in total. The number of thioether (sulfide) groups is 1. The predicted octanol–water partition coefficient (Wildman–Crippen LogP) is 4.59. The molecule has 0 unspecified atom stereocenters. The molecule has 0 aliphatic rings. The number of hydrogen-bond donors (Lipinski definition) is 1. The highest BCUT2D eigenvalue weighted by Crippen LogP contribution is 2.31. The van der Waals surface area contributed by atoms with Gasteiger partial charge in [-0.2, -0.15) is 0 Å². The highest BCUT2D eigenvalue weighted by Gasteiger charge is 2.12. The van der Waals surface area contributed by atoms with E-state index in [1.165, 1.54) is 35.2 Å². The van der Waals surface area contributed by atoms with Crippen molar-refractivity contribution in [3.8, 4) is 0 Å². The Labute approximate surface area is 150 Å². The summed E-state index contributed by atoms with van der Waals surface area (Å²) in [5.41, 5.74) is 1.35. The standard InChI is InChI=1S/C15H10ClN3O3S2/c16-9-2-1-3-10(6-9)17-14(20)8-23-15-18-12-5-4-11(19(21)22)7-13(12)24-15/h1-7H,8H2,(H,17,20). The van der Waals surface area contributed by atoms with Gasteiger partial charge in [-0.15, -0.1) is 11.3 Å². The molecule has 0 aliphatic carbocycles. The zero-order valence-corrected chi connectivity index (χ0v) is 14.5. The normalized spacial score (nSPS) is 10.7. The average Bonchev–Trinajstić information content (AvgIpc) is 2.95. The molecule has 0 spiro atoms. The molecular weight excluding hydrogens is 370 g/mol. The Kier molecular flexibility index (Phi) is 4.98. The van der Waals surface area contributed by atoms with Crippen LogP contribution in [0, 0.1) is 10.1 Å². The van der Waals surface area contributed by atoms with Gasteiger partial charge in [0, 0.05) is 22.8 Å². The SMILES string of the molecule is O=C(CSc1nc2ccc([N+](=O)[O-])cc2s1)Nc1cccc(Cl)c1. The Morgan fingerprint density at radius 1 is 1.33 bits per heavy atom. The Morgan fingerprint density at radius 3 is 2.92 bits per heavy atom. The number of halogens is 1. The summed E-state index contributed by atoms with van der Waals surface area (Å²) < 4.78 is 1.41. The summed E-state index contributed by atoms with van der Waals surface area (Å²) >= 11 is 8.48. The molecule has 1 heterocycles. The molecule has 1 N–H and O–H groups in total. The lowest BCUT2D eigenvalue weighted by Crippen LogP contribution is -2.13. The molecule has 0 fully saturated rings. The number of carbonyl (C=O) groups excluding carboxylic acids is 1. The van der Waals surface area contributed by atoms with Crippen LogP contribution < -0.4 is 5.32 Å². The van der Waals surface area contributed by atoms with Gasteiger partial charge >= 0.3 is 0 Å². The lowest BCUT2D eigenvalue weighted by molar-refractivity contribution is -0.384. The van der Waals surface area contributed by atoms with E-state index in [4.69, 9.17) is 11.6 Å². The smallest absolute Gasteiger partial charge is 0.270 e. The Morgan fingerprint density at radius 2 is 2.17 bits per heavy atom. The van der Waals surface area contributed by atoms with Crippen molar-refractivity contribution >= 4 is 62.2 Å². The van der Waals surface area contributed by atoms with Gasteiger partial charge in [0.25, 0.3) is 5.69 Å². The number of amides is 1. The second kappa shape index (κ2) is 7.16. The number of hydrogen-bond acceptors (Lipinski definition) is 6. The van der Waals surface area contributed by atoms with E-state index in [9.17, 15) is 14.9 Å². The van der Waals surface area contributed by atoms with Crippen LogP contribution in [0.1, 0.15) is 0 Å². The molecule has 0 aliphatic heterocycles. The van der Waals surface area contributed by atoms with Crippen molar-refractivity contribution in [3.63, 3.8) is 0 Å². The van der Waals surface area contributed by atoms with E-state index < -0.39 is 4.92 Å². The number of carbonyl (C=O) groups is 1. The summed E-state index contributed by atoms with van der Waals surface area (Å²) in [5, 5.41) is 14.1. The van der Waals surface area contributed by atoms with Crippen LogP contribution in [0.4, 0.5) is 11.4 Å². The second-order valence-corrected chi connectivity index (χ2v) is 7.43. The molecule has 3 rings (SSSR count). The summed E-state index contributed by atoms with van der Waals surface area (Å²) in [6, 6.07) is 11.4. The number of benzene rings is 2. The minimum absolute atomic E-state index is 0.0291. The van der Waals surface area contributed by atoms with Gasteiger partial charge in [-0.25, -0.2) is 4.98 Å². The third-order valence-corrected chi connectivity index (χ3v) is 5.39. The summed E-state index contributed by atoms with van der Waals surface area (Å²) in [6.07, 6.45) is 0. The molecule has 0 radical (unpaired) electrons. The fourth-order valence-corrected chi connectivity index (χ4v) is 4.05. The highest BCUT2D eigenvalue weighted by molar-refractivity contribution is 8.01. The maximum Gasteiger partial charge on any atom is 0.270 e. The first kappa shape index (κ1) is 16.7. The van der Waals surface area contributed by atoms with E-state index >= 15 is 0 Å². The van der Waals surface area contributed by atoms with Crippen LogP contribution in [-0.4, -0.2) is 21.6 Å². The van der Waals surface area contributed by atoms with E-state index in [1.807, 2.05) is 0 Å². The van der Waals surface area contributed by atoms with Crippen molar-refractivity contribution in [2.45, 2.75) is 4.34 Å². The third-order valence-electron chi connectivity index (χ3n) is 3.00.